The van der Waals surface area contributed by atoms with Crippen LogP contribution in [-0.2, 0) is 14.6 Å². The molecular formula is C17H29N3O6S. The number of aliphatic imine (C=N–C) groups is 1. The molecule has 0 aliphatic carbocycles. The van der Waals surface area contributed by atoms with Crippen LogP contribution < -0.4 is 24.8 Å². The Labute approximate surface area is 161 Å². The van der Waals surface area contributed by atoms with Crippen LogP contribution >= 0.6 is 0 Å². The van der Waals surface area contributed by atoms with Crippen molar-refractivity contribution in [2.45, 2.75) is 6.92 Å². The van der Waals surface area contributed by atoms with Crippen molar-refractivity contribution in [1.82, 2.24) is 5.32 Å². The Kier molecular flexibility index (Phi) is 9.73. The smallest absolute Gasteiger partial charge is 0.203 e. The summed E-state index contributed by atoms with van der Waals surface area (Å²) >= 11 is 0. The quantitative estimate of drug-likeness (QED) is 0.322. The second-order valence-electron chi connectivity index (χ2n) is 5.54. The van der Waals surface area contributed by atoms with Crippen molar-refractivity contribution >= 4 is 21.5 Å². The Morgan fingerprint density at radius 1 is 1.07 bits per heavy atom. The van der Waals surface area contributed by atoms with Gasteiger partial charge in [0, 0.05) is 30.6 Å². The van der Waals surface area contributed by atoms with Gasteiger partial charge in [-0.15, -0.1) is 0 Å². The van der Waals surface area contributed by atoms with E-state index in [-0.39, 0.29) is 12.4 Å². The summed E-state index contributed by atoms with van der Waals surface area (Å²) in [5, 5.41) is 6.29. The van der Waals surface area contributed by atoms with Crippen molar-refractivity contribution in [3.63, 3.8) is 0 Å². The number of ether oxygens (including phenoxy) is 4. The minimum atomic E-state index is -3.02. The third kappa shape index (κ3) is 8.35. The molecule has 0 unspecified atom stereocenters. The van der Waals surface area contributed by atoms with Crippen LogP contribution in [-0.4, -0.2) is 74.0 Å². The number of benzene rings is 1. The van der Waals surface area contributed by atoms with Crippen molar-refractivity contribution in [3.05, 3.63) is 12.1 Å². The summed E-state index contributed by atoms with van der Waals surface area (Å²) < 4.78 is 43.4. The molecule has 1 rings (SSSR count). The fraction of sp³-hybridized carbons (Fsp3) is 0.588. The third-order valence-electron chi connectivity index (χ3n) is 3.38. The molecule has 2 N–H and O–H groups in total. The van der Waals surface area contributed by atoms with Crippen LogP contribution in [0.4, 0.5) is 5.69 Å². The molecule has 10 heteroatoms. The monoisotopic (exact) mass is 403 g/mol. The molecule has 1 aromatic carbocycles. The maximum Gasteiger partial charge on any atom is 0.203 e. The van der Waals surface area contributed by atoms with Crippen LogP contribution in [0.1, 0.15) is 6.92 Å². The summed E-state index contributed by atoms with van der Waals surface area (Å²) in [6, 6.07) is 3.55. The Bertz CT molecular complexity index is 696. The standard InChI is InChI=1S/C17H29N3O6S/c1-6-18-17(19-7-8-26-9-10-27(5,21)22)20-13-11-14(23-2)16(25-4)15(12-13)24-3/h11-12H,6-10H2,1-5H3,(H2,18,19,20). The zero-order chi connectivity index (χ0) is 20.3. The molecule has 0 spiro atoms. The topological polar surface area (TPSA) is 107 Å². The number of rotatable bonds is 11. The Morgan fingerprint density at radius 3 is 2.19 bits per heavy atom. The van der Waals surface area contributed by atoms with Gasteiger partial charge in [0.25, 0.3) is 0 Å². The van der Waals surface area contributed by atoms with E-state index in [0.717, 1.165) is 0 Å². The summed E-state index contributed by atoms with van der Waals surface area (Å²) in [5.74, 6) is 2.12. The lowest BCUT2D eigenvalue weighted by Crippen LogP contribution is -2.31. The highest BCUT2D eigenvalue weighted by Gasteiger charge is 2.14. The predicted octanol–water partition coefficient (Wildman–Crippen LogP) is 1.15. The predicted molar refractivity (Wildman–Crippen MR) is 106 cm³/mol. The van der Waals surface area contributed by atoms with Crippen LogP contribution in [0.25, 0.3) is 0 Å². The first kappa shape index (κ1) is 22.8. The number of guanidine groups is 1. The molecule has 0 aliphatic heterocycles. The number of nitrogens with zero attached hydrogens (tertiary/aromatic N) is 1. The van der Waals surface area contributed by atoms with E-state index in [4.69, 9.17) is 18.9 Å². The molecule has 0 aromatic heterocycles. The summed E-state index contributed by atoms with van der Waals surface area (Å²) in [6.07, 6.45) is 1.18. The van der Waals surface area contributed by atoms with Gasteiger partial charge in [0.2, 0.25) is 5.75 Å². The minimum Gasteiger partial charge on any atom is -0.493 e. The van der Waals surface area contributed by atoms with Gasteiger partial charge < -0.3 is 29.6 Å². The van der Waals surface area contributed by atoms with Gasteiger partial charge in [-0.1, -0.05) is 0 Å². The molecule has 9 nitrogen and oxygen atoms in total. The molecule has 0 bridgehead atoms. The highest BCUT2D eigenvalue weighted by Crippen LogP contribution is 2.39. The molecule has 0 radical (unpaired) electrons. The highest BCUT2D eigenvalue weighted by atomic mass is 32.2. The molecule has 0 saturated heterocycles. The largest absolute Gasteiger partial charge is 0.493 e. The molecular weight excluding hydrogens is 374 g/mol. The van der Waals surface area contributed by atoms with Crippen molar-refractivity contribution < 1.29 is 27.4 Å². The van der Waals surface area contributed by atoms with Crippen LogP contribution in [0.2, 0.25) is 0 Å². The zero-order valence-electron chi connectivity index (χ0n) is 16.5. The minimum absolute atomic E-state index is 0.000465. The second-order valence-corrected chi connectivity index (χ2v) is 7.80. The van der Waals surface area contributed by atoms with E-state index in [1.54, 1.807) is 33.5 Å². The number of sulfone groups is 1. The van der Waals surface area contributed by atoms with E-state index in [0.29, 0.717) is 48.6 Å². The normalized spacial score (nSPS) is 11.8. The molecule has 0 heterocycles. The van der Waals surface area contributed by atoms with E-state index in [1.807, 2.05) is 6.92 Å². The summed E-state index contributed by atoms with van der Waals surface area (Å²) in [4.78, 5) is 4.40. The Hall–Kier alpha value is -2.20. The maximum absolute atomic E-state index is 11.1. The van der Waals surface area contributed by atoms with Crippen molar-refractivity contribution in [1.29, 1.82) is 0 Å². The van der Waals surface area contributed by atoms with Gasteiger partial charge in [-0.3, -0.25) is 4.99 Å². The summed E-state index contributed by atoms with van der Waals surface area (Å²) in [5.41, 5.74) is 0.710. The van der Waals surface area contributed by atoms with E-state index in [1.165, 1.54) is 6.26 Å². The van der Waals surface area contributed by atoms with Crippen LogP contribution in [0.15, 0.2) is 17.1 Å². The Morgan fingerprint density at radius 2 is 1.70 bits per heavy atom. The van der Waals surface area contributed by atoms with E-state index < -0.39 is 9.84 Å². The van der Waals surface area contributed by atoms with E-state index >= 15 is 0 Å². The Balaban J connectivity index is 2.75. The lowest BCUT2D eigenvalue weighted by molar-refractivity contribution is 0.157. The molecule has 27 heavy (non-hydrogen) atoms. The van der Waals surface area contributed by atoms with Gasteiger partial charge in [-0.05, 0) is 6.92 Å². The lowest BCUT2D eigenvalue weighted by atomic mass is 10.2. The van der Waals surface area contributed by atoms with Crippen LogP contribution in [0.5, 0.6) is 17.2 Å². The first-order valence-corrected chi connectivity index (χ1v) is 10.5. The number of hydrogen-bond acceptors (Lipinski definition) is 7. The van der Waals surface area contributed by atoms with Gasteiger partial charge in [-0.2, -0.15) is 0 Å². The number of hydrogen-bond donors (Lipinski definition) is 2. The number of nitrogens with one attached hydrogen (secondary N) is 2. The van der Waals surface area contributed by atoms with Crippen LogP contribution in [0, 0.1) is 0 Å². The van der Waals surface area contributed by atoms with Crippen molar-refractivity contribution in [3.8, 4) is 17.2 Å². The van der Waals surface area contributed by atoms with E-state index in [9.17, 15) is 8.42 Å². The summed E-state index contributed by atoms with van der Waals surface area (Å²) in [7, 11) is 1.63. The van der Waals surface area contributed by atoms with Gasteiger partial charge in [0.15, 0.2) is 17.5 Å². The fourth-order valence-corrected chi connectivity index (χ4v) is 2.55. The average molecular weight is 404 g/mol. The maximum atomic E-state index is 11.1. The first-order chi connectivity index (χ1) is 12.8. The highest BCUT2D eigenvalue weighted by molar-refractivity contribution is 7.90. The van der Waals surface area contributed by atoms with E-state index in [2.05, 4.69) is 15.6 Å². The second kappa shape index (κ2) is 11.5. The van der Waals surface area contributed by atoms with Gasteiger partial charge in [-0.25, -0.2) is 8.42 Å². The summed E-state index contributed by atoms with van der Waals surface area (Å²) in [6.45, 7) is 3.48. The fourth-order valence-electron chi connectivity index (χ4n) is 2.13. The van der Waals surface area contributed by atoms with Crippen molar-refractivity contribution in [2.24, 2.45) is 4.99 Å². The third-order valence-corrected chi connectivity index (χ3v) is 4.28. The molecule has 154 valence electrons. The SMILES string of the molecule is CCNC(=NCCOCCS(C)(=O)=O)Nc1cc(OC)c(OC)c(OC)c1. The van der Waals surface area contributed by atoms with Crippen molar-refractivity contribution in [2.75, 3.05) is 65.0 Å². The molecule has 0 saturated carbocycles. The van der Waals surface area contributed by atoms with Gasteiger partial charge >= 0.3 is 0 Å². The van der Waals surface area contributed by atoms with Crippen LogP contribution in [0.3, 0.4) is 0 Å². The zero-order valence-corrected chi connectivity index (χ0v) is 17.3. The molecule has 0 amide bonds. The molecule has 1 aromatic rings. The first-order valence-electron chi connectivity index (χ1n) is 8.45. The molecule has 0 atom stereocenters. The number of methoxy groups -OCH3 is 3. The lowest BCUT2D eigenvalue weighted by Gasteiger charge is -2.16. The number of anilines is 1. The molecule has 0 fully saturated rings. The van der Waals surface area contributed by atoms with Gasteiger partial charge in [0.05, 0.1) is 46.8 Å². The van der Waals surface area contributed by atoms with Gasteiger partial charge in [0.1, 0.15) is 9.84 Å². The average Bonchev–Trinajstić information content (AvgIpc) is 2.62. The molecule has 0 aliphatic rings.